The summed E-state index contributed by atoms with van der Waals surface area (Å²) in [4.78, 5) is 25.4. The number of sulfonamides is 1. The van der Waals surface area contributed by atoms with Crippen LogP contribution in [0.15, 0.2) is 82.6 Å². The third-order valence-corrected chi connectivity index (χ3v) is 7.74. The summed E-state index contributed by atoms with van der Waals surface area (Å²) in [5.74, 6) is 0.284. The minimum absolute atomic E-state index is 0.0107. The summed E-state index contributed by atoms with van der Waals surface area (Å²) in [7, 11) is -2.11. The lowest BCUT2D eigenvalue weighted by Gasteiger charge is -2.21. The normalized spacial score (nSPS) is 15.1. The van der Waals surface area contributed by atoms with Crippen molar-refractivity contribution in [2.75, 3.05) is 20.2 Å². The van der Waals surface area contributed by atoms with Gasteiger partial charge in [-0.15, -0.1) is 0 Å². The minimum Gasteiger partial charge on any atom is -0.497 e. The second-order valence-corrected chi connectivity index (χ2v) is 10.1. The summed E-state index contributed by atoms with van der Waals surface area (Å²) < 4.78 is 33.5. The Kier molecular flexibility index (Phi) is 7.14. The first-order valence-electron chi connectivity index (χ1n) is 11.1. The van der Waals surface area contributed by atoms with Crippen LogP contribution < -0.4 is 15.6 Å². The van der Waals surface area contributed by atoms with Crippen molar-refractivity contribution in [2.24, 2.45) is 0 Å². The summed E-state index contributed by atoms with van der Waals surface area (Å²) in [6, 6.07) is 18.9. The molecule has 0 spiro atoms. The monoisotopic (exact) mass is 481 g/mol. The number of nitrogens with zero attached hydrogens (tertiary/aromatic N) is 2. The van der Waals surface area contributed by atoms with Crippen molar-refractivity contribution in [3.8, 4) is 5.75 Å². The van der Waals surface area contributed by atoms with Crippen LogP contribution in [0.4, 0.5) is 0 Å². The topological polar surface area (TPSA) is 97.7 Å². The number of nitrogens with one attached hydrogen (secondary N) is 1. The first kappa shape index (κ1) is 23.7. The molecular formula is C25H27N3O5S. The number of rotatable bonds is 8. The Hall–Kier alpha value is -3.43. The molecule has 2 aromatic carbocycles. The predicted octanol–water partition coefficient (Wildman–Crippen LogP) is 2.55. The molecule has 3 aromatic rings. The molecule has 1 atom stereocenters. The van der Waals surface area contributed by atoms with Gasteiger partial charge in [-0.1, -0.05) is 42.5 Å². The van der Waals surface area contributed by atoms with Gasteiger partial charge in [-0.05, 0) is 42.2 Å². The zero-order valence-electron chi connectivity index (χ0n) is 18.9. The Morgan fingerprint density at radius 1 is 0.971 bits per heavy atom. The fraction of sp³-hybridized carbons (Fsp3) is 0.280. The van der Waals surface area contributed by atoms with Gasteiger partial charge >= 0.3 is 0 Å². The lowest BCUT2D eigenvalue weighted by Crippen LogP contribution is -2.35. The molecule has 1 aromatic heterocycles. The van der Waals surface area contributed by atoms with Crippen LogP contribution in [-0.4, -0.2) is 43.4 Å². The second-order valence-electron chi connectivity index (χ2n) is 8.13. The molecule has 9 heteroatoms. The zero-order valence-corrected chi connectivity index (χ0v) is 19.7. The number of hydrogen-bond donors (Lipinski definition) is 1. The zero-order chi connectivity index (χ0) is 24.1. The molecule has 1 unspecified atom stereocenters. The molecule has 1 N–H and O–H groups in total. The number of methoxy groups -OCH3 is 1. The maximum atomic E-state index is 13.0. The maximum Gasteiger partial charge on any atom is 0.251 e. The standard InChI is InChI=1S/C25H27N3O5S/c1-33-21-11-9-20(10-12-21)25(19-7-3-2-4-8-19)26-23(29)18-27-17-22(13-14-24(27)30)34(31,32)28-15-5-6-16-28/h2-4,7-14,17,25H,5-6,15-16,18H2,1H3,(H,26,29). The molecule has 1 aliphatic rings. The van der Waals surface area contributed by atoms with Crippen molar-refractivity contribution in [2.45, 2.75) is 30.3 Å². The third kappa shape index (κ3) is 5.21. The molecule has 1 fully saturated rings. The number of hydrogen-bond acceptors (Lipinski definition) is 5. The lowest BCUT2D eigenvalue weighted by atomic mass is 9.98. The van der Waals surface area contributed by atoms with Gasteiger partial charge in [0.2, 0.25) is 15.9 Å². The summed E-state index contributed by atoms with van der Waals surface area (Å²) in [6.45, 7) is 0.618. The van der Waals surface area contributed by atoms with Crippen molar-refractivity contribution in [3.05, 3.63) is 94.4 Å². The van der Waals surface area contributed by atoms with E-state index in [-0.39, 0.29) is 11.4 Å². The number of amides is 1. The highest BCUT2D eigenvalue weighted by Gasteiger charge is 2.28. The first-order chi connectivity index (χ1) is 16.4. The van der Waals surface area contributed by atoms with Gasteiger partial charge in [0.25, 0.3) is 5.56 Å². The molecule has 34 heavy (non-hydrogen) atoms. The van der Waals surface area contributed by atoms with Crippen LogP contribution in [0.1, 0.15) is 30.0 Å². The first-order valence-corrected chi connectivity index (χ1v) is 12.5. The number of ether oxygens (including phenoxy) is 1. The molecule has 1 saturated heterocycles. The van der Waals surface area contributed by atoms with E-state index in [0.29, 0.717) is 18.8 Å². The SMILES string of the molecule is COc1ccc(C(NC(=O)Cn2cc(S(=O)(=O)N3CCCC3)ccc2=O)c2ccccc2)cc1. The quantitative estimate of drug-likeness (QED) is 0.533. The number of carbonyl (C=O) groups excluding carboxylic acids is 1. The van der Waals surface area contributed by atoms with E-state index in [1.165, 1.54) is 22.6 Å². The van der Waals surface area contributed by atoms with E-state index in [0.717, 1.165) is 28.5 Å². The Morgan fingerprint density at radius 2 is 1.62 bits per heavy atom. The Balaban J connectivity index is 1.57. The Labute approximate surface area is 198 Å². The van der Waals surface area contributed by atoms with Crippen LogP contribution >= 0.6 is 0 Å². The van der Waals surface area contributed by atoms with Crippen LogP contribution in [0.5, 0.6) is 5.75 Å². The Bertz CT molecular complexity index is 1300. The van der Waals surface area contributed by atoms with Crippen LogP contribution in [0, 0.1) is 0 Å². The minimum atomic E-state index is -3.70. The summed E-state index contributed by atoms with van der Waals surface area (Å²) in [6.07, 6.45) is 2.88. The van der Waals surface area contributed by atoms with Gasteiger partial charge in [0.1, 0.15) is 12.3 Å². The van der Waals surface area contributed by atoms with Gasteiger partial charge in [0.05, 0.1) is 18.0 Å². The van der Waals surface area contributed by atoms with Crippen molar-refractivity contribution in [1.29, 1.82) is 0 Å². The predicted molar refractivity (Wildman–Crippen MR) is 128 cm³/mol. The lowest BCUT2D eigenvalue weighted by molar-refractivity contribution is -0.122. The van der Waals surface area contributed by atoms with E-state index < -0.39 is 27.5 Å². The van der Waals surface area contributed by atoms with Crippen LogP contribution in [0.2, 0.25) is 0 Å². The van der Waals surface area contributed by atoms with Crippen LogP contribution in [0.25, 0.3) is 0 Å². The van der Waals surface area contributed by atoms with Crippen molar-refractivity contribution in [1.82, 2.24) is 14.2 Å². The van der Waals surface area contributed by atoms with E-state index in [4.69, 9.17) is 4.74 Å². The fourth-order valence-corrected chi connectivity index (χ4v) is 5.56. The molecule has 2 heterocycles. The highest BCUT2D eigenvalue weighted by atomic mass is 32.2. The molecule has 1 amide bonds. The molecule has 1 aliphatic heterocycles. The van der Waals surface area contributed by atoms with E-state index >= 15 is 0 Å². The van der Waals surface area contributed by atoms with Crippen molar-refractivity contribution < 1.29 is 17.9 Å². The smallest absolute Gasteiger partial charge is 0.251 e. The summed E-state index contributed by atoms with van der Waals surface area (Å²) in [5.41, 5.74) is 1.27. The van der Waals surface area contributed by atoms with Gasteiger partial charge in [-0.3, -0.25) is 9.59 Å². The molecule has 0 bridgehead atoms. The number of aromatic nitrogens is 1. The van der Waals surface area contributed by atoms with Crippen LogP contribution in [-0.2, 0) is 21.4 Å². The second kappa shape index (κ2) is 10.2. The van der Waals surface area contributed by atoms with E-state index in [2.05, 4.69) is 5.32 Å². The van der Waals surface area contributed by atoms with E-state index in [1.54, 1.807) is 7.11 Å². The van der Waals surface area contributed by atoms with E-state index in [1.807, 2.05) is 54.6 Å². The molecule has 4 rings (SSSR count). The van der Waals surface area contributed by atoms with Gasteiger partial charge in [-0.25, -0.2) is 8.42 Å². The van der Waals surface area contributed by atoms with Gasteiger partial charge < -0.3 is 14.6 Å². The highest BCUT2D eigenvalue weighted by Crippen LogP contribution is 2.24. The number of benzene rings is 2. The molecular weight excluding hydrogens is 454 g/mol. The maximum absolute atomic E-state index is 13.0. The average molecular weight is 482 g/mol. The molecule has 8 nitrogen and oxygen atoms in total. The van der Waals surface area contributed by atoms with Gasteiger partial charge in [0.15, 0.2) is 0 Å². The van der Waals surface area contributed by atoms with E-state index in [9.17, 15) is 18.0 Å². The third-order valence-electron chi connectivity index (χ3n) is 5.86. The molecule has 0 aliphatic carbocycles. The van der Waals surface area contributed by atoms with Gasteiger partial charge in [-0.2, -0.15) is 4.31 Å². The molecule has 0 radical (unpaired) electrons. The number of carbonyl (C=O) groups is 1. The fourth-order valence-electron chi connectivity index (χ4n) is 4.03. The van der Waals surface area contributed by atoms with Gasteiger partial charge in [0, 0.05) is 25.4 Å². The van der Waals surface area contributed by atoms with Crippen molar-refractivity contribution in [3.63, 3.8) is 0 Å². The summed E-state index contributed by atoms with van der Waals surface area (Å²) in [5, 5.41) is 2.98. The molecule has 0 saturated carbocycles. The molecule has 178 valence electrons. The average Bonchev–Trinajstić information content (AvgIpc) is 3.41. The number of pyridine rings is 1. The van der Waals surface area contributed by atoms with Crippen LogP contribution in [0.3, 0.4) is 0 Å². The Morgan fingerprint density at radius 3 is 2.26 bits per heavy atom. The largest absolute Gasteiger partial charge is 0.497 e. The summed E-state index contributed by atoms with van der Waals surface area (Å²) >= 11 is 0. The highest BCUT2D eigenvalue weighted by molar-refractivity contribution is 7.89. The van der Waals surface area contributed by atoms with Crippen molar-refractivity contribution >= 4 is 15.9 Å².